The van der Waals surface area contributed by atoms with Gasteiger partial charge in [-0.3, -0.25) is 9.36 Å². The molecule has 146 valence electrons. The molecular formula is C22H26N4OS. The third kappa shape index (κ3) is 5.01. The Hall–Kier alpha value is -2.60. The van der Waals surface area contributed by atoms with Crippen LogP contribution in [0.1, 0.15) is 32.8 Å². The van der Waals surface area contributed by atoms with E-state index in [9.17, 15) is 4.79 Å². The molecule has 0 fully saturated rings. The lowest BCUT2D eigenvalue weighted by Crippen LogP contribution is -2.37. The number of nitrogens with zero attached hydrogens (tertiary/aromatic N) is 3. The van der Waals surface area contributed by atoms with E-state index in [1.165, 1.54) is 11.8 Å². The normalized spacial score (nSPS) is 13.1. The van der Waals surface area contributed by atoms with Gasteiger partial charge in [-0.05, 0) is 25.8 Å². The highest BCUT2D eigenvalue weighted by atomic mass is 32.2. The Labute approximate surface area is 170 Å². The molecule has 6 heteroatoms. The molecule has 1 aromatic heterocycles. The first-order valence-electron chi connectivity index (χ1n) is 9.58. The van der Waals surface area contributed by atoms with Crippen molar-refractivity contribution < 1.29 is 4.79 Å². The van der Waals surface area contributed by atoms with Crippen molar-refractivity contribution in [1.29, 1.82) is 0 Å². The van der Waals surface area contributed by atoms with Crippen molar-refractivity contribution in [2.45, 2.75) is 50.2 Å². The smallest absolute Gasteiger partial charge is 0.233 e. The Bertz CT molecular complexity index is 895. The van der Waals surface area contributed by atoms with Crippen molar-refractivity contribution in [3.05, 3.63) is 66.2 Å². The molecule has 2 aromatic carbocycles. The molecule has 1 N–H and O–H groups in total. The molecule has 0 bridgehead atoms. The topological polar surface area (TPSA) is 59.8 Å². The van der Waals surface area contributed by atoms with Crippen LogP contribution in [0.15, 0.2) is 65.8 Å². The summed E-state index contributed by atoms with van der Waals surface area (Å²) >= 11 is 1.44. The highest BCUT2D eigenvalue weighted by molar-refractivity contribution is 8.00. The lowest BCUT2D eigenvalue weighted by molar-refractivity contribution is -0.120. The third-order valence-corrected chi connectivity index (χ3v) is 5.67. The molecule has 1 heterocycles. The van der Waals surface area contributed by atoms with Crippen LogP contribution in [-0.4, -0.2) is 32.0 Å². The van der Waals surface area contributed by atoms with Crippen LogP contribution in [0.4, 0.5) is 0 Å². The molecule has 0 aliphatic rings. The van der Waals surface area contributed by atoms with E-state index < -0.39 is 0 Å². The van der Waals surface area contributed by atoms with Crippen LogP contribution in [0.2, 0.25) is 0 Å². The fourth-order valence-corrected chi connectivity index (χ4v) is 3.62. The van der Waals surface area contributed by atoms with E-state index in [0.717, 1.165) is 28.5 Å². The molecule has 0 aliphatic heterocycles. The summed E-state index contributed by atoms with van der Waals surface area (Å²) < 4.78 is 2.09. The summed E-state index contributed by atoms with van der Waals surface area (Å²) in [5, 5.41) is 12.4. The van der Waals surface area contributed by atoms with Crippen LogP contribution in [0.5, 0.6) is 0 Å². The average molecular weight is 395 g/mol. The maximum absolute atomic E-state index is 12.5. The minimum absolute atomic E-state index is 0.0230. The van der Waals surface area contributed by atoms with Crippen molar-refractivity contribution in [2.75, 3.05) is 0 Å². The number of thioether (sulfide) groups is 1. The van der Waals surface area contributed by atoms with Crippen LogP contribution in [0, 0.1) is 0 Å². The number of amides is 1. The molecule has 0 radical (unpaired) electrons. The van der Waals surface area contributed by atoms with E-state index in [0.29, 0.717) is 6.54 Å². The second-order valence-electron chi connectivity index (χ2n) is 6.82. The van der Waals surface area contributed by atoms with Crippen molar-refractivity contribution in [1.82, 2.24) is 20.1 Å². The second kappa shape index (κ2) is 9.55. The molecule has 0 spiro atoms. The second-order valence-corrected chi connectivity index (χ2v) is 8.13. The van der Waals surface area contributed by atoms with E-state index >= 15 is 0 Å². The van der Waals surface area contributed by atoms with Crippen molar-refractivity contribution in [3.63, 3.8) is 0 Å². The Balaban J connectivity index is 1.88. The van der Waals surface area contributed by atoms with Gasteiger partial charge in [-0.25, -0.2) is 0 Å². The fraction of sp³-hybridized carbons (Fsp3) is 0.318. The zero-order valence-electron chi connectivity index (χ0n) is 16.5. The van der Waals surface area contributed by atoms with Crippen LogP contribution in [-0.2, 0) is 11.3 Å². The number of benzene rings is 2. The van der Waals surface area contributed by atoms with Gasteiger partial charge < -0.3 is 5.32 Å². The first kappa shape index (κ1) is 20.1. The molecule has 1 amide bonds. The van der Waals surface area contributed by atoms with Crippen LogP contribution in [0.3, 0.4) is 0 Å². The molecule has 0 aliphatic carbocycles. The minimum atomic E-state index is -0.253. The van der Waals surface area contributed by atoms with Crippen molar-refractivity contribution in [3.8, 4) is 11.4 Å². The number of carbonyl (C=O) groups excluding carboxylic acids is 1. The first-order chi connectivity index (χ1) is 13.6. The number of carbonyl (C=O) groups is 1. The van der Waals surface area contributed by atoms with Gasteiger partial charge in [-0.15, -0.1) is 10.2 Å². The van der Waals surface area contributed by atoms with Crippen LogP contribution < -0.4 is 5.32 Å². The summed E-state index contributed by atoms with van der Waals surface area (Å²) in [5.74, 6) is 0.830. The maximum Gasteiger partial charge on any atom is 0.233 e. The molecule has 3 aromatic rings. The maximum atomic E-state index is 12.5. The van der Waals surface area contributed by atoms with Gasteiger partial charge in [0.1, 0.15) is 0 Å². The summed E-state index contributed by atoms with van der Waals surface area (Å²) in [5.41, 5.74) is 2.17. The summed E-state index contributed by atoms with van der Waals surface area (Å²) in [4.78, 5) is 12.5. The molecule has 3 rings (SSSR count). The van der Waals surface area contributed by atoms with Gasteiger partial charge in [0.05, 0.1) is 11.8 Å². The van der Waals surface area contributed by atoms with Gasteiger partial charge in [0.2, 0.25) is 5.91 Å². The van der Waals surface area contributed by atoms with Gasteiger partial charge in [-0.2, -0.15) is 0 Å². The van der Waals surface area contributed by atoms with Gasteiger partial charge in [0, 0.05) is 11.6 Å². The van der Waals surface area contributed by atoms with Crippen molar-refractivity contribution in [2.24, 2.45) is 0 Å². The fourth-order valence-electron chi connectivity index (χ4n) is 2.76. The zero-order chi connectivity index (χ0) is 19.9. The molecule has 2 unspecified atom stereocenters. The Kier molecular flexibility index (Phi) is 6.87. The lowest BCUT2D eigenvalue weighted by atomic mass is 10.2. The van der Waals surface area contributed by atoms with Gasteiger partial charge in [0.25, 0.3) is 0 Å². The summed E-state index contributed by atoms with van der Waals surface area (Å²) in [6.07, 6.45) is 0.908. The van der Waals surface area contributed by atoms with Gasteiger partial charge >= 0.3 is 0 Å². The SMILES string of the molecule is CCC(C)NC(=O)C(C)Sc1nnc(-c2ccccc2)n1Cc1ccccc1. The molecule has 5 nitrogen and oxygen atoms in total. The summed E-state index contributed by atoms with van der Waals surface area (Å²) in [7, 11) is 0. The Morgan fingerprint density at radius 2 is 1.68 bits per heavy atom. The third-order valence-electron chi connectivity index (χ3n) is 4.58. The molecule has 0 saturated heterocycles. The van der Waals surface area contributed by atoms with E-state index in [2.05, 4.69) is 39.1 Å². The number of hydrogen-bond acceptors (Lipinski definition) is 4. The van der Waals surface area contributed by atoms with E-state index in [1.54, 1.807) is 0 Å². The largest absolute Gasteiger partial charge is 0.353 e. The molecule has 28 heavy (non-hydrogen) atoms. The predicted octanol–water partition coefficient (Wildman–Crippen LogP) is 4.39. The average Bonchev–Trinajstić information content (AvgIpc) is 3.11. The monoisotopic (exact) mass is 394 g/mol. The van der Waals surface area contributed by atoms with E-state index in [-0.39, 0.29) is 17.2 Å². The van der Waals surface area contributed by atoms with Gasteiger partial charge in [0.15, 0.2) is 11.0 Å². The van der Waals surface area contributed by atoms with E-state index in [1.807, 2.05) is 62.4 Å². The lowest BCUT2D eigenvalue weighted by Gasteiger charge is -2.16. The standard InChI is InChI=1S/C22H26N4OS/c1-4-16(2)23-21(27)17(3)28-22-25-24-20(19-13-9-6-10-14-19)26(22)15-18-11-7-5-8-12-18/h5-14,16-17H,4,15H2,1-3H3,(H,23,27). The summed E-state index contributed by atoms with van der Waals surface area (Å²) in [6.45, 7) is 6.64. The highest BCUT2D eigenvalue weighted by Crippen LogP contribution is 2.28. The van der Waals surface area contributed by atoms with Crippen LogP contribution >= 0.6 is 11.8 Å². The number of hydrogen-bond donors (Lipinski definition) is 1. The Morgan fingerprint density at radius 3 is 2.32 bits per heavy atom. The Morgan fingerprint density at radius 1 is 1.04 bits per heavy atom. The number of rotatable bonds is 8. The number of aromatic nitrogens is 3. The first-order valence-corrected chi connectivity index (χ1v) is 10.5. The highest BCUT2D eigenvalue weighted by Gasteiger charge is 2.21. The van der Waals surface area contributed by atoms with Gasteiger partial charge in [-0.1, -0.05) is 79.3 Å². The minimum Gasteiger partial charge on any atom is -0.353 e. The molecular weight excluding hydrogens is 368 g/mol. The quantitative estimate of drug-likeness (QED) is 0.576. The van der Waals surface area contributed by atoms with E-state index in [4.69, 9.17) is 0 Å². The molecule has 0 saturated carbocycles. The summed E-state index contributed by atoms with van der Waals surface area (Å²) in [6, 6.07) is 20.4. The predicted molar refractivity (Wildman–Crippen MR) is 114 cm³/mol. The molecule has 2 atom stereocenters. The van der Waals surface area contributed by atoms with Crippen molar-refractivity contribution >= 4 is 17.7 Å². The zero-order valence-corrected chi connectivity index (χ0v) is 17.3. The van der Waals surface area contributed by atoms with Crippen LogP contribution in [0.25, 0.3) is 11.4 Å². The number of nitrogens with one attached hydrogen (secondary N) is 1.